The van der Waals surface area contributed by atoms with E-state index in [0.29, 0.717) is 0 Å². The minimum absolute atomic E-state index is 0.118. The Morgan fingerprint density at radius 2 is 1.16 bits per heavy atom. The van der Waals surface area contributed by atoms with Crippen molar-refractivity contribution in [2.45, 2.75) is 6.23 Å². The molecule has 2 heterocycles. The van der Waals surface area contributed by atoms with Crippen molar-refractivity contribution >= 4 is 66.2 Å². The minimum Gasteiger partial charge on any atom is -0.560 e. The van der Waals surface area contributed by atoms with Crippen LogP contribution in [0.15, 0.2) is 174 Å². The molecule has 0 aliphatic carbocycles. The number of benzene rings is 8. The Hall–Kier alpha value is -6.52. The van der Waals surface area contributed by atoms with Crippen molar-refractivity contribution in [2.75, 3.05) is 10.2 Å². The summed E-state index contributed by atoms with van der Waals surface area (Å²) in [6, 6.07) is 60.1. The highest BCUT2D eigenvalue weighted by Crippen LogP contribution is 2.48. The fraction of sp³-hybridized carbons (Fsp3) is 0.0222. The first kappa shape index (κ1) is 27.6. The number of anilines is 4. The number of rotatable bonds is 5. The summed E-state index contributed by atoms with van der Waals surface area (Å²) >= 11 is 0. The van der Waals surface area contributed by atoms with Gasteiger partial charge < -0.3 is 14.1 Å². The number of nitrogens with zero attached hydrogens (tertiary/aromatic N) is 1. The number of nitrogens with one attached hydrogen (secondary N) is 1. The van der Waals surface area contributed by atoms with Crippen LogP contribution in [-0.2, 0) is 0 Å². The van der Waals surface area contributed by atoms with Crippen molar-refractivity contribution < 1.29 is 9.15 Å². The second-order valence-electron chi connectivity index (χ2n) is 12.6. The van der Waals surface area contributed by atoms with E-state index in [4.69, 9.17) is 9.15 Å². The number of ether oxygens (including phenoxy) is 1. The molecule has 1 aromatic heterocycles. The van der Waals surface area contributed by atoms with Crippen LogP contribution in [0.2, 0.25) is 0 Å². The van der Waals surface area contributed by atoms with Gasteiger partial charge in [-0.3, -0.25) is 5.32 Å². The Morgan fingerprint density at radius 1 is 0.490 bits per heavy atom. The molecular formula is C45H31N2O2+. The minimum atomic E-state index is -0.118. The van der Waals surface area contributed by atoms with Crippen LogP contribution in [0.5, 0.6) is 5.75 Å². The lowest BCUT2D eigenvalue weighted by Gasteiger charge is -2.26. The third-order valence-electron chi connectivity index (χ3n) is 9.71. The molecule has 1 aliphatic rings. The maximum atomic E-state index is 6.39. The van der Waals surface area contributed by atoms with Crippen LogP contribution in [0.4, 0.5) is 22.7 Å². The van der Waals surface area contributed by atoms with E-state index in [0.717, 1.165) is 67.0 Å². The van der Waals surface area contributed by atoms with E-state index in [9.17, 15) is 0 Å². The predicted octanol–water partition coefficient (Wildman–Crippen LogP) is 12.4. The van der Waals surface area contributed by atoms with E-state index in [1.165, 1.54) is 21.7 Å². The summed E-state index contributed by atoms with van der Waals surface area (Å²) < 4.78 is 11.6. The molecule has 1 unspecified atom stereocenters. The summed E-state index contributed by atoms with van der Waals surface area (Å²) in [4.78, 5) is 2.34. The zero-order chi connectivity index (χ0) is 32.3. The molecule has 2 N–H and O–H groups in total. The largest absolute Gasteiger partial charge is 0.560 e. The molecule has 8 aromatic carbocycles. The zero-order valence-electron chi connectivity index (χ0n) is 26.5. The van der Waals surface area contributed by atoms with Crippen LogP contribution in [0.25, 0.3) is 54.6 Å². The first-order valence-corrected chi connectivity index (χ1v) is 16.7. The molecule has 0 saturated heterocycles. The van der Waals surface area contributed by atoms with E-state index in [1.807, 2.05) is 18.2 Å². The second kappa shape index (κ2) is 11.0. The molecule has 49 heavy (non-hydrogen) atoms. The topological polar surface area (TPSA) is 41.2 Å². The summed E-state index contributed by atoms with van der Waals surface area (Å²) in [6.45, 7) is 0. The zero-order valence-corrected chi connectivity index (χ0v) is 26.5. The number of para-hydroxylation sites is 1. The number of hydrogen-bond donors (Lipinski definition) is 1. The van der Waals surface area contributed by atoms with E-state index < -0.39 is 0 Å². The van der Waals surface area contributed by atoms with Crippen molar-refractivity contribution in [1.29, 1.82) is 0 Å². The average molecular weight is 632 g/mol. The summed E-state index contributed by atoms with van der Waals surface area (Å²) in [5.74, 6) is 1.01. The molecule has 232 valence electrons. The van der Waals surface area contributed by atoms with Crippen LogP contribution in [0.1, 0.15) is 11.8 Å². The van der Waals surface area contributed by atoms with Crippen LogP contribution >= 0.6 is 0 Å². The molecule has 0 fully saturated rings. The quantitative estimate of drug-likeness (QED) is 0.117. The van der Waals surface area contributed by atoms with E-state index in [2.05, 4.69) is 162 Å². The van der Waals surface area contributed by atoms with Gasteiger partial charge in [-0.05, 0) is 82.6 Å². The third-order valence-corrected chi connectivity index (χ3v) is 9.71. The Labute approximate surface area is 283 Å². The van der Waals surface area contributed by atoms with E-state index in [-0.39, 0.29) is 6.23 Å². The van der Waals surface area contributed by atoms with Gasteiger partial charge in [0.25, 0.3) is 12.0 Å². The summed E-state index contributed by atoms with van der Waals surface area (Å²) in [7, 11) is 0. The van der Waals surface area contributed by atoms with Gasteiger partial charge in [0.15, 0.2) is 0 Å². The summed E-state index contributed by atoms with van der Waals surface area (Å²) in [5, 5.41) is 10.6. The molecule has 0 amide bonds. The van der Waals surface area contributed by atoms with Gasteiger partial charge in [0.2, 0.25) is 0 Å². The Morgan fingerprint density at radius 3 is 2.06 bits per heavy atom. The van der Waals surface area contributed by atoms with Crippen LogP contribution in [0, 0.1) is 0 Å². The number of fused-ring (bicyclic) bond motifs is 8. The highest BCUT2D eigenvalue weighted by atomic mass is 16.5. The molecule has 0 bridgehead atoms. The Bertz CT molecular complexity index is 2680. The number of furan rings is 1. The van der Waals surface area contributed by atoms with Gasteiger partial charge >= 0.3 is 0 Å². The summed E-state index contributed by atoms with van der Waals surface area (Å²) in [6.07, 6.45) is -0.118. The first-order chi connectivity index (χ1) is 24.3. The van der Waals surface area contributed by atoms with Crippen molar-refractivity contribution in [3.8, 4) is 16.9 Å². The normalized spacial score (nSPS) is 13.8. The molecular weight excluding hydrogens is 601 g/mol. The van der Waals surface area contributed by atoms with Crippen molar-refractivity contribution in [3.63, 3.8) is 0 Å². The highest BCUT2D eigenvalue weighted by Gasteiger charge is 2.31. The monoisotopic (exact) mass is 631 g/mol. The van der Waals surface area contributed by atoms with Gasteiger partial charge in [-0.15, -0.1) is 0 Å². The van der Waals surface area contributed by atoms with Crippen LogP contribution < -0.4 is 10.2 Å². The highest BCUT2D eigenvalue weighted by molar-refractivity contribution is 6.14. The lowest BCUT2D eigenvalue weighted by molar-refractivity contribution is 0.0234. The molecule has 9 aromatic rings. The fourth-order valence-electron chi connectivity index (χ4n) is 7.36. The van der Waals surface area contributed by atoms with Gasteiger partial charge in [-0.25, -0.2) is 0 Å². The van der Waals surface area contributed by atoms with Gasteiger partial charge in [0.1, 0.15) is 16.9 Å². The van der Waals surface area contributed by atoms with Crippen molar-refractivity contribution in [2.24, 2.45) is 0 Å². The van der Waals surface area contributed by atoms with Crippen LogP contribution in [-0.4, -0.2) is 4.74 Å². The molecule has 4 nitrogen and oxygen atoms in total. The number of aliphatic hydroxyl groups is 1. The molecule has 10 rings (SSSR count). The lowest BCUT2D eigenvalue weighted by Crippen LogP contribution is -2.10. The average Bonchev–Trinajstić information content (AvgIpc) is 3.77. The van der Waals surface area contributed by atoms with Gasteiger partial charge in [-0.1, -0.05) is 103 Å². The van der Waals surface area contributed by atoms with Crippen molar-refractivity contribution in [1.82, 2.24) is 0 Å². The lowest BCUT2D eigenvalue weighted by atomic mass is 9.99. The molecule has 0 spiro atoms. The maximum absolute atomic E-state index is 6.39. The van der Waals surface area contributed by atoms with Crippen molar-refractivity contribution in [3.05, 3.63) is 175 Å². The smallest absolute Gasteiger partial charge is 0.289 e. The SMILES string of the molecule is c1ccc(-c2cccc(N(c3ccc4c(c3)oc3ccccc34)c3ccc4ccc5ccc6c(c5c4c3)[OH+]C(c3ccccc3)N6)c2)cc1. The van der Waals surface area contributed by atoms with Gasteiger partial charge in [-0.2, -0.15) is 0 Å². The second-order valence-corrected chi connectivity index (χ2v) is 12.6. The number of hydrogen-bond acceptors (Lipinski definition) is 3. The van der Waals surface area contributed by atoms with Gasteiger partial charge in [0.05, 0.1) is 10.9 Å². The molecule has 1 atom stereocenters. The molecule has 0 saturated carbocycles. The molecule has 0 radical (unpaired) electrons. The van der Waals surface area contributed by atoms with Gasteiger partial charge in [0, 0.05) is 39.3 Å². The predicted molar refractivity (Wildman–Crippen MR) is 203 cm³/mol. The summed E-state index contributed by atoms with van der Waals surface area (Å²) in [5.41, 5.74) is 9.46. The molecule has 4 heteroatoms. The number of aromatic hydroxyl groups is 1. The maximum Gasteiger partial charge on any atom is 0.289 e. The molecule has 1 aliphatic heterocycles. The standard InChI is InChI=1S/C45H30N2O2/c1-3-10-29(11-4-1)33-14-9-15-34(26-33)47(36-23-24-38-37-16-7-8-17-41(37)48-42(38)28-36)35-22-20-30-18-19-31-21-25-40-44(43(31)39(30)27-35)49-45(46-40)32-12-5-2-6-13-32/h1-28,45-46H/p+1. The van der Waals surface area contributed by atoms with Crippen LogP contribution in [0.3, 0.4) is 0 Å². The third kappa shape index (κ3) is 4.61. The Kier molecular flexibility index (Phi) is 6.21. The Balaban J connectivity index is 1.17. The first-order valence-electron chi connectivity index (χ1n) is 16.7. The van der Waals surface area contributed by atoms with E-state index >= 15 is 0 Å². The fourth-order valence-corrected chi connectivity index (χ4v) is 7.36. The van der Waals surface area contributed by atoms with E-state index in [1.54, 1.807) is 0 Å².